The first kappa shape index (κ1) is 15.1. The average Bonchev–Trinajstić information content (AvgIpc) is 2.83. The molecule has 1 amide bonds. The molecular weight excluding hydrogens is 266 g/mol. The van der Waals surface area contributed by atoms with Gasteiger partial charge in [0.1, 0.15) is 6.10 Å². The third-order valence-electron chi connectivity index (χ3n) is 4.89. The van der Waals surface area contributed by atoms with E-state index in [4.69, 9.17) is 4.74 Å². The van der Waals surface area contributed by atoms with E-state index in [2.05, 4.69) is 15.5 Å². The molecule has 2 unspecified atom stereocenters. The molecule has 0 bridgehead atoms. The molecular formula is C16H29N3O2. The summed E-state index contributed by atoms with van der Waals surface area (Å²) in [6.07, 6.45) is 2.52. The molecule has 0 spiro atoms. The molecule has 2 N–H and O–H groups in total. The number of amides is 1. The van der Waals surface area contributed by atoms with Crippen molar-refractivity contribution in [3.05, 3.63) is 0 Å². The molecule has 2 atom stereocenters. The minimum atomic E-state index is -0.258. The summed E-state index contributed by atoms with van der Waals surface area (Å²) >= 11 is 0. The van der Waals surface area contributed by atoms with Crippen molar-refractivity contribution in [3.8, 4) is 0 Å². The Morgan fingerprint density at radius 3 is 2.43 bits per heavy atom. The van der Waals surface area contributed by atoms with Gasteiger partial charge in [-0.2, -0.15) is 0 Å². The Hall–Kier alpha value is -0.810. The summed E-state index contributed by atoms with van der Waals surface area (Å²) in [5.41, 5.74) is -0.220. The van der Waals surface area contributed by atoms with E-state index in [1.807, 2.05) is 20.8 Å². The van der Waals surface area contributed by atoms with Crippen LogP contribution in [0.2, 0.25) is 0 Å². The molecule has 21 heavy (non-hydrogen) atoms. The zero-order valence-electron chi connectivity index (χ0n) is 13.5. The number of hydrogen-bond acceptors (Lipinski definition) is 4. The molecule has 2 saturated heterocycles. The quantitative estimate of drug-likeness (QED) is 0.827. The lowest BCUT2D eigenvalue weighted by atomic mass is 9.97. The van der Waals surface area contributed by atoms with Gasteiger partial charge in [0.05, 0.1) is 0 Å². The molecule has 1 saturated carbocycles. The molecule has 120 valence electrons. The van der Waals surface area contributed by atoms with Gasteiger partial charge in [0.25, 0.3) is 0 Å². The molecule has 5 nitrogen and oxygen atoms in total. The van der Waals surface area contributed by atoms with Crippen molar-refractivity contribution in [2.75, 3.05) is 32.7 Å². The number of likely N-dealkylation sites (tertiary alicyclic amines) is 1. The smallest absolute Gasteiger partial charge is 0.407 e. The molecule has 0 aromatic rings. The normalized spacial score (nSPS) is 33.6. The largest absolute Gasteiger partial charge is 0.446 e. The van der Waals surface area contributed by atoms with Crippen LogP contribution in [-0.2, 0) is 4.74 Å². The Morgan fingerprint density at radius 2 is 1.86 bits per heavy atom. The average molecular weight is 295 g/mol. The maximum Gasteiger partial charge on any atom is 0.407 e. The van der Waals surface area contributed by atoms with Gasteiger partial charge in [-0.05, 0) is 52.6 Å². The minimum Gasteiger partial charge on any atom is -0.446 e. The number of fused-ring (bicyclic) bond motifs is 1. The van der Waals surface area contributed by atoms with Crippen LogP contribution in [0.25, 0.3) is 0 Å². The Labute approximate surface area is 127 Å². The van der Waals surface area contributed by atoms with Crippen LogP contribution in [0.4, 0.5) is 4.79 Å². The van der Waals surface area contributed by atoms with Crippen LogP contribution in [0.3, 0.4) is 0 Å². The first-order valence-corrected chi connectivity index (χ1v) is 8.34. The third kappa shape index (κ3) is 3.89. The molecule has 3 rings (SSSR count). The van der Waals surface area contributed by atoms with E-state index in [1.165, 1.54) is 32.5 Å². The van der Waals surface area contributed by atoms with Crippen LogP contribution in [0.5, 0.6) is 0 Å². The Morgan fingerprint density at radius 1 is 1.24 bits per heavy atom. The van der Waals surface area contributed by atoms with E-state index in [-0.39, 0.29) is 17.7 Å². The van der Waals surface area contributed by atoms with Crippen molar-refractivity contribution in [1.82, 2.24) is 15.5 Å². The molecule has 3 fully saturated rings. The number of nitrogens with one attached hydrogen (secondary N) is 2. The van der Waals surface area contributed by atoms with Gasteiger partial charge >= 0.3 is 6.09 Å². The number of carbonyl (C=O) groups is 1. The molecule has 3 aliphatic rings. The molecule has 0 radical (unpaired) electrons. The van der Waals surface area contributed by atoms with Gasteiger partial charge in [-0.3, -0.25) is 0 Å². The third-order valence-corrected chi connectivity index (χ3v) is 4.89. The van der Waals surface area contributed by atoms with Crippen LogP contribution >= 0.6 is 0 Å². The number of nitrogens with zero attached hydrogens (tertiary/aromatic N) is 1. The van der Waals surface area contributed by atoms with Crippen LogP contribution in [0, 0.1) is 17.8 Å². The number of ether oxygens (including phenoxy) is 1. The second-order valence-corrected chi connectivity index (χ2v) is 7.98. The van der Waals surface area contributed by atoms with Crippen molar-refractivity contribution in [2.45, 2.75) is 45.3 Å². The predicted octanol–water partition coefficient (Wildman–Crippen LogP) is 1.44. The van der Waals surface area contributed by atoms with Crippen LogP contribution in [-0.4, -0.2) is 55.4 Å². The SMILES string of the molecule is CC(C)(C)NC(=O)OC1C2CN(CC3CCNCC3)CC21. The number of piperidine rings is 2. The highest BCUT2D eigenvalue weighted by atomic mass is 16.6. The minimum absolute atomic E-state index is 0.164. The van der Waals surface area contributed by atoms with Gasteiger partial charge in [0.15, 0.2) is 0 Å². The number of carbonyl (C=O) groups excluding carboxylic acids is 1. The van der Waals surface area contributed by atoms with Crippen molar-refractivity contribution in [3.63, 3.8) is 0 Å². The molecule has 0 aromatic carbocycles. The van der Waals surface area contributed by atoms with Crippen molar-refractivity contribution < 1.29 is 9.53 Å². The lowest BCUT2D eigenvalue weighted by Crippen LogP contribution is -2.42. The van der Waals surface area contributed by atoms with Crippen molar-refractivity contribution in [1.29, 1.82) is 0 Å². The van der Waals surface area contributed by atoms with Gasteiger partial charge in [0.2, 0.25) is 0 Å². The standard InChI is InChI=1S/C16H29N3O2/c1-16(2,3)18-15(20)21-14-12-9-19(10-13(12)14)8-11-4-6-17-7-5-11/h11-14,17H,4-10H2,1-3H3,(H,18,20). The predicted molar refractivity (Wildman–Crippen MR) is 82.2 cm³/mol. The number of rotatable bonds is 3. The molecule has 2 aliphatic heterocycles. The summed E-state index contributed by atoms with van der Waals surface area (Å²) in [5.74, 6) is 2.02. The van der Waals surface area contributed by atoms with Crippen LogP contribution < -0.4 is 10.6 Å². The first-order valence-electron chi connectivity index (χ1n) is 8.34. The molecule has 0 aromatic heterocycles. The van der Waals surface area contributed by atoms with Gasteiger partial charge in [0, 0.05) is 37.0 Å². The lowest BCUT2D eigenvalue weighted by molar-refractivity contribution is 0.104. The van der Waals surface area contributed by atoms with Crippen LogP contribution in [0.1, 0.15) is 33.6 Å². The highest BCUT2D eigenvalue weighted by Gasteiger charge is 2.58. The number of alkyl carbamates (subject to hydrolysis) is 1. The lowest BCUT2D eigenvalue weighted by Gasteiger charge is -2.28. The zero-order chi connectivity index (χ0) is 15.0. The highest BCUT2D eigenvalue weighted by Crippen LogP contribution is 2.48. The van der Waals surface area contributed by atoms with Crippen molar-refractivity contribution in [2.24, 2.45) is 17.8 Å². The maximum atomic E-state index is 11.8. The molecule has 5 heteroatoms. The fraction of sp³-hybridized carbons (Fsp3) is 0.938. The summed E-state index contributed by atoms with van der Waals surface area (Å²) in [5, 5.41) is 6.30. The van der Waals surface area contributed by atoms with Gasteiger partial charge in [-0.15, -0.1) is 0 Å². The van der Waals surface area contributed by atoms with E-state index in [1.54, 1.807) is 0 Å². The summed E-state index contributed by atoms with van der Waals surface area (Å²) in [7, 11) is 0. The molecule has 2 heterocycles. The van der Waals surface area contributed by atoms with E-state index >= 15 is 0 Å². The second kappa shape index (κ2) is 5.76. The summed E-state index contributed by atoms with van der Waals surface area (Å²) in [6.45, 7) is 11.7. The van der Waals surface area contributed by atoms with Crippen LogP contribution in [0.15, 0.2) is 0 Å². The van der Waals surface area contributed by atoms with E-state index < -0.39 is 0 Å². The topological polar surface area (TPSA) is 53.6 Å². The summed E-state index contributed by atoms with van der Waals surface area (Å²) < 4.78 is 5.56. The van der Waals surface area contributed by atoms with E-state index in [0.29, 0.717) is 11.8 Å². The first-order chi connectivity index (χ1) is 9.92. The second-order valence-electron chi connectivity index (χ2n) is 7.98. The Kier molecular flexibility index (Phi) is 4.14. The zero-order valence-corrected chi connectivity index (χ0v) is 13.5. The maximum absolute atomic E-state index is 11.8. The highest BCUT2D eigenvalue weighted by molar-refractivity contribution is 5.68. The van der Waals surface area contributed by atoms with Gasteiger partial charge in [-0.1, -0.05) is 0 Å². The van der Waals surface area contributed by atoms with Gasteiger partial charge in [-0.25, -0.2) is 4.79 Å². The summed E-state index contributed by atoms with van der Waals surface area (Å²) in [4.78, 5) is 14.4. The molecule has 1 aliphatic carbocycles. The summed E-state index contributed by atoms with van der Waals surface area (Å²) in [6, 6.07) is 0. The van der Waals surface area contributed by atoms with E-state index in [0.717, 1.165) is 19.0 Å². The monoisotopic (exact) mass is 295 g/mol. The van der Waals surface area contributed by atoms with E-state index in [9.17, 15) is 4.79 Å². The fourth-order valence-corrected chi connectivity index (χ4v) is 3.77. The van der Waals surface area contributed by atoms with Crippen molar-refractivity contribution >= 4 is 6.09 Å². The van der Waals surface area contributed by atoms with Gasteiger partial charge < -0.3 is 20.3 Å². The fourth-order valence-electron chi connectivity index (χ4n) is 3.77. The Balaban J connectivity index is 1.37. The number of hydrogen-bond donors (Lipinski definition) is 2. The Bertz CT molecular complexity index is 375.